The van der Waals surface area contributed by atoms with Crippen molar-refractivity contribution in [2.45, 2.75) is 40.7 Å². The Balaban J connectivity index is 2.94. The van der Waals surface area contributed by atoms with Gasteiger partial charge in [-0.2, -0.15) is 0 Å². The van der Waals surface area contributed by atoms with Crippen LogP contribution in [0.3, 0.4) is 0 Å². The zero-order valence-corrected chi connectivity index (χ0v) is 13.3. The van der Waals surface area contributed by atoms with Gasteiger partial charge in [0.2, 0.25) is 0 Å². The maximum Gasteiger partial charge on any atom is 0.128 e. The largest absolute Gasteiger partial charge is 0.356 e. The molecule has 0 saturated heterocycles. The minimum absolute atomic E-state index is 0.363. The van der Waals surface area contributed by atoms with Crippen molar-refractivity contribution in [3.8, 4) is 0 Å². The van der Waals surface area contributed by atoms with Crippen LogP contribution in [0, 0.1) is 11.8 Å². The molecule has 0 bridgehead atoms. The van der Waals surface area contributed by atoms with Crippen LogP contribution in [-0.2, 0) is 0 Å². The summed E-state index contributed by atoms with van der Waals surface area (Å²) >= 11 is 0. The molecule has 0 aromatic carbocycles. The summed E-state index contributed by atoms with van der Waals surface area (Å²) in [5.41, 5.74) is 1.30. The second-order valence-electron chi connectivity index (χ2n) is 6.15. The fraction of sp³-hybridized carbons (Fsp3) is 0.688. The molecular formula is C16H29N3. The predicted molar refractivity (Wildman–Crippen MR) is 83.6 cm³/mol. The van der Waals surface area contributed by atoms with Gasteiger partial charge >= 0.3 is 0 Å². The van der Waals surface area contributed by atoms with E-state index in [0.29, 0.717) is 17.9 Å². The molecular weight excluding hydrogens is 234 g/mol. The van der Waals surface area contributed by atoms with Gasteiger partial charge in [0.25, 0.3) is 0 Å². The Labute approximate surface area is 118 Å². The number of nitrogens with zero attached hydrogens (tertiary/aromatic N) is 2. The lowest BCUT2D eigenvalue weighted by Gasteiger charge is -2.28. The van der Waals surface area contributed by atoms with E-state index in [1.165, 1.54) is 5.56 Å². The fourth-order valence-corrected chi connectivity index (χ4v) is 2.19. The first kappa shape index (κ1) is 16.0. The number of hydrogen-bond donors (Lipinski definition) is 1. The lowest BCUT2D eigenvalue weighted by atomic mass is 10.1. The van der Waals surface area contributed by atoms with Crippen LogP contribution >= 0.6 is 0 Å². The number of hydrogen-bond acceptors (Lipinski definition) is 3. The summed E-state index contributed by atoms with van der Waals surface area (Å²) in [6.45, 7) is 13.3. The van der Waals surface area contributed by atoms with Crippen LogP contribution in [0.4, 0.5) is 5.82 Å². The molecule has 1 N–H and O–H groups in total. The Kier molecular flexibility index (Phi) is 6.29. The average Bonchev–Trinajstić information content (AvgIpc) is 2.36. The summed E-state index contributed by atoms with van der Waals surface area (Å²) in [6, 6.07) is 4.67. The molecule has 1 aromatic heterocycles. The van der Waals surface area contributed by atoms with Crippen LogP contribution in [0.15, 0.2) is 18.3 Å². The van der Waals surface area contributed by atoms with Gasteiger partial charge in [-0.05, 0) is 43.5 Å². The van der Waals surface area contributed by atoms with Gasteiger partial charge in [0.05, 0.1) is 0 Å². The Morgan fingerprint density at radius 3 is 2.16 bits per heavy atom. The van der Waals surface area contributed by atoms with Crippen molar-refractivity contribution in [3.63, 3.8) is 0 Å². The molecule has 0 saturated carbocycles. The number of aromatic nitrogens is 1. The van der Waals surface area contributed by atoms with Crippen molar-refractivity contribution < 1.29 is 0 Å². The van der Waals surface area contributed by atoms with E-state index in [1.54, 1.807) is 0 Å². The van der Waals surface area contributed by atoms with E-state index in [1.807, 2.05) is 13.2 Å². The summed E-state index contributed by atoms with van der Waals surface area (Å²) in [5.74, 6) is 2.39. The zero-order valence-electron chi connectivity index (χ0n) is 13.3. The van der Waals surface area contributed by atoms with Crippen molar-refractivity contribution >= 4 is 5.82 Å². The smallest absolute Gasteiger partial charge is 0.128 e. The average molecular weight is 263 g/mol. The third-order valence-corrected chi connectivity index (χ3v) is 3.20. The van der Waals surface area contributed by atoms with E-state index in [2.05, 4.69) is 62.0 Å². The van der Waals surface area contributed by atoms with Gasteiger partial charge < -0.3 is 10.2 Å². The molecule has 3 heteroatoms. The lowest BCUT2D eigenvalue weighted by Crippen LogP contribution is -2.32. The molecule has 1 rings (SSSR count). The molecule has 3 nitrogen and oxygen atoms in total. The van der Waals surface area contributed by atoms with Crippen LogP contribution < -0.4 is 10.2 Å². The quantitative estimate of drug-likeness (QED) is 0.816. The first-order chi connectivity index (χ1) is 8.93. The van der Waals surface area contributed by atoms with E-state index in [0.717, 1.165) is 18.9 Å². The van der Waals surface area contributed by atoms with E-state index in [4.69, 9.17) is 0 Å². The van der Waals surface area contributed by atoms with Crippen LogP contribution in [0.1, 0.15) is 46.2 Å². The molecule has 1 unspecified atom stereocenters. The number of anilines is 1. The summed E-state index contributed by atoms with van der Waals surface area (Å²) < 4.78 is 0. The third-order valence-electron chi connectivity index (χ3n) is 3.20. The molecule has 0 aliphatic rings. The van der Waals surface area contributed by atoms with Crippen LogP contribution in [0.25, 0.3) is 0 Å². The van der Waals surface area contributed by atoms with Crippen molar-refractivity contribution in [2.75, 3.05) is 25.0 Å². The minimum Gasteiger partial charge on any atom is -0.356 e. The first-order valence-corrected chi connectivity index (χ1v) is 7.32. The van der Waals surface area contributed by atoms with Crippen LogP contribution in [0.5, 0.6) is 0 Å². The number of pyridine rings is 1. The predicted octanol–water partition coefficient (Wildman–Crippen LogP) is 3.48. The fourth-order valence-electron chi connectivity index (χ4n) is 2.19. The molecule has 1 heterocycles. The van der Waals surface area contributed by atoms with Crippen LogP contribution in [0.2, 0.25) is 0 Å². The van der Waals surface area contributed by atoms with E-state index >= 15 is 0 Å². The maximum atomic E-state index is 4.56. The Hall–Kier alpha value is -1.09. The molecule has 1 atom stereocenters. The van der Waals surface area contributed by atoms with Gasteiger partial charge in [0.15, 0.2) is 0 Å². The number of nitrogens with one attached hydrogen (secondary N) is 1. The second kappa shape index (κ2) is 7.49. The van der Waals surface area contributed by atoms with Gasteiger partial charge in [0.1, 0.15) is 5.82 Å². The molecule has 0 fully saturated rings. The molecule has 0 aliphatic carbocycles. The minimum atomic E-state index is 0.363. The second-order valence-corrected chi connectivity index (χ2v) is 6.15. The van der Waals surface area contributed by atoms with Gasteiger partial charge in [-0.1, -0.05) is 27.7 Å². The van der Waals surface area contributed by atoms with Crippen LogP contribution in [-0.4, -0.2) is 25.1 Å². The Morgan fingerprint density at radius 2 is 1.68 bits per heavy atom. The monoisotopic (exact) mass is 263 g/mol. The Bertz CT molecular complexity index is 364. The SMILES string of the molecule is CNC(C)c1ccnc(N(CC(C)C)CC(C)C)c1. The summed E-state index contributed by atoms with van der Waals surface area (Å²) in [7, 11) is 1.99. The van der Waals surface area contributed by atoms with Gasteiger partial charge in [-0.3, -0.25) is 0 Å². The number of rotatable bonds is 7. The van der Waals surface area contributed by atoms with Gasteiger partial charge in [0, 0.05) is 25.3 Å². The molecule has 0 aliphatic heterocycles. The molecule has 0 radical (unpaired) electrons. The highest BCUT2D eigenvalue weighted by molar-refractivity contribution is 5.42. The highest BCUT2D eigenvalue weighted by atomic mass is 15.2. The third kappa shape index (κ3) is 5.19. The van der Waals surface area contributed by atoms with Gasteiger partial charge in [-0.15, -0.1) is 0 Å². The van der Waals surface area contributed by atoms with Crippen molar-refractivity contribution in [2.24, 2.45) is 11.8 Å². The van der Waals surface area contributed by atoms with E-state index in [9.17, 15) is 0 Å². The van der Waals surface area contributed by atoms with E-state index < -0.39 is 0 Å². The molecule has 0 amide bonds. The van der Waals surface area contributed by atoms with Gasteiger partial charge in [-0.25, -0.2) is 4.98 Å². The standard InChI is InChI=1S/C16H29N3/c1-12(2)10-19(11-13(3)4)16-9-15(7-8-18-16)14(5)17-6/h7-9,12-14,17H,10-11H2,1-6H3. The highest BCUT2D eigenvalue weighted by Gasteiger charge is 2.13. The zero-order chi connectivity index (χ0) is 14.4. The van der Waals surface area contributed by atoms with E-state index in [-0.39, 0.29) is 0 Å². The Morgan fingerprint density at radius 1 is 1.11 bits per heavy atom. The van der Waals surface area contributed by atoms with Crippen molar-refractivity contribution in [1.29, 1.82) is 0 Å². The highest BCUT2D eigenvalue weighted by Crippen LogP contribution is 2.19. The normalized spacial score (nSPS) is 13.1. The molecule has 19 heavy (non-hydrogen) atoms. The first-order valence-electron chi connectivity index (χ1n) is 7.32. The summed E-state index contributed by atoms with van der Waals surface area (Å²) in [4.78, 5) is 6.96. The lowest BCUT2D eigenvalue weighted by molar-refractivity contribution is 0.548. The molecule has 1 aromatic rings. The summed E-state index contributed by atoms with van der Waals surface area (Å²) in [5, 5.41) is 3.28. The van der Waals surface area contributed by atoms with Crippen molar-refractivity contribution in [1.82, 2.24) is 10.3 Å². The topological polar surface area (TPSA) is 28.2 Å². The summed E-state index contributed by atoms with van der Waals surface area (Å²) in [6.07, 6.45) is 1.92. The molecule has 0 spiro atoms. The maximum absolute atomic E-state index is 4.56. The van der Waals surface area contributed by atoms with Crippen molar-refractivity contribution in [3.05, 3.63) is 23.9 Å². The molecule has 108 valence electrons.